The Labute approximate surface area is 78.8 Å². The highest BCUT2D eigenvalue weighted by molar-refractivity contribution is 5.81. The molecule has 0 aromatic carbocycles. The van der Waals surface area contributed by atoms with Gasteiger partial charge >= 0.3 is 0 Å². The van der Waals surface area contributed by atoms with Crippen molar-refractivity contribution in [2.45, 2.75) is 44.8 Å². The fourth-order valence-corrected chi connectivity index (χ4v) is 1.73. The van der Waals surface area contributed by atoms with E-state index in [9.17, 15) is 4.79 Å². The second-order valence-electron chi connectivity index (χ2n) is 4.44. The van der Waals surface area contributed by atoms with Crippen LogP contribution < -0.4 is 5.32 Å². The predicted octanol–water partition coefficient (Wildman–Crippen LogP) is 1.08. The first-order valence-corrected chi connectivity index (χ1v) is 5.05. The van der Waals surface area contributed by atoms with Crippen molar-refractivity contribution in [1.29, 1.82) is 0 Å². The summed E-state index contributed by atoms with van der Waals surface area (Å²) in [5.41, 5.74) is -0.125. The van der Waals surface area contributed by atoms with Crippen molar-refractivity contribution in [3.8, 4) is 0 Å². The van der Waals surface area contributed by atoms with Crippen molar-refractivity contribution in [2.75, 3.05) is 6.61 Å². The van der Waals surface area contributed by atoms with Crippen molar-refractivity contribution in [2.24, 2.45) is 5.92 Å². The Balaban J connectivity index is 1.94. The number of hydrogen-bond acceptors (Lipinski definition) is 2. The van der Waals surface area contributed by atoms with Crippen LogP contribution in [0, 0.1) is 5.92 Å². The van der Waals surface area contributed by atoms with E-state index in [4.69, 9.17) is 4.74 Å². The van der Waals surface area contributed by atoms with Gasteiger partial charge in [-0.2, -0.15) is 0 Å². The van der Waals surface area contributed by atoms with Gasteiger partial charge in [0.25, 0.3) is 0 Å². The molecule has 1 aliphatic carbocycles. The van der Waals surface area contributed by atoms with E-state index in [1.165, 1.54) is 0 Å². The molecule has 0 bridgehead atoms. The third-order valence-corrected chi connectivity index (χ3v) is 3.24. The summed E-state index contributed by atoms with van der Waals surface area (Å²) in [6.45, 7) is 4.87. The van der Waals surface area contributed by atoms with Gasteiger partial charge in [0.15, 0.2) is 0 Å². The molecule has 2 fully saturated rings. The summed E-state index contributed by atoms with van der Waals surface area (Å²) in [6.07, 6.45) is 3.22. The van der Waals surface area contributed by atoms with Gasteiger partial charge in [0.05, 0.1) is 11.6 Å². The maximum Gasteiger partial charge on any atom is 0.223 e. The van der Waals surface area contributed by atoms with Gasteiger partial charge in [-0.15, -0.1) is 0 Å². The Morgan fingerprint density at radius 1 is 1.54 bits per heavy atom. The minimum atomic E-state index is -0.125. The van der Waals surface area contributed by atoms with Gasteiger partial charge in [-0.1, -0.05) is 0 Å². The summed E-state index contributed by atoms with van der Waals surface area (Å²) in [5.74, 6) is 0.518. The average Bonchev–Trinajstić information content (AvgIpc) is 2.82. The van der Waals surface area contributed by atoms with Gasteiger partial charge in [-0.05, 0) is 33.1 Å². The molecule has 2 rings (SSSR count). The third-order valence-electron chi connectivity index (χ3n) is 3.24. The number of rotatable bonds is 2. The van der Waals surface area contributed by atoms with Crippen molar-refractivity contribution >= 4 is 5.91 Å². The maximum absolute atomic E-state index is 11.5. The quantitative estimate of drug-likeness (QED) is 0.695. The smallest absolute Gasteiger partial charge is 0.223 e. The highest BCUT2D eigenvalue weighted by Crippen LogP contribution is 2.32. The van der Waals surface area contributed by atoms with Gasteiger partial charge in [0.2, 0.25) is 5.91 Å². The minimum Gasteiger partial charge on any atom is -0.376 e. The van der Waals surface area contributed by atoms with Crippen LogP contribution in [0.3, 0.4) is 0 Å². The first-order chi connectivity index (χ1) is 6.12. The molecule has 3 nitrogen and oxygen atoms in total. The van der Waals surface area contributed by atoms with Crippen LogP contribution in [0.1, 0.15) is 33.1 Å². The lowest BCUT2D eigenvalue weighted by molar-refractivity contribution is -0.124. The third kappa shape index (κ3) is 1.70. The molecule has 0 radical (unpaired) electrons. The first kappa shape index (κ1) is 9.00. The largest absolute Gasteiger partial charge is 0.376 e. The molecule has 74 valence electrons. The van der Waals surface area contributed by atoms with Gasteiger partial charge in [-0.3, -0.25) is 4.79 Å². The zero-order valence-electron chi connectivity index (χ0n) is 8.30. The zero-order chi connectivity index (χ0) is 9.47. The SMILES string of the molecule is CC1OCCC1(C)NC(=O)C1CC1. The number of carbonyl (C=O) groups is 1. The van der Waals surface area contributed by atoms with E-state index < -0.39 is 0 Å². The highest BCUT2D eigenvalue weighted by Gasteiger charge is 2.41. The zero-order valence-corrected chi connectivity index (χ0v) is 8.30. The van der Waals surface area contributed by atoms with E-state index in [2.05, 4.69) is 12.2 Å². The second kappa shape index (κ2) is 2.98. The Kier molecular flexibility index (Phi) is 2.06. The van der Waals surface area contributed by atoms with Gasteiger partial charge in [-0.25, -0.2) is 0 Å². The Bertz CT molecular complexity index is 225. The van der Waals surface area contributed by atoms with Crippen LogP contribution in [0.5, 0.6) is 0 Å². The van der Waals surface area contributed by atoms with Crippen LogP contribution in [-0.2, 0) is 9.53 Å². The van der Waals surface area contributed by atoms with E-state index in [0.717, 1.165) is 25.9 Å². The van der Waals surface area contributed by atoms with Gasteiger partial charge in [0, 0.05) is 12.5 Å². The number of nitrogens with one attached hydrogen (secondary N) is 1. The molecule has 1 aliphatic heterocycles. The lowest BCUT2D eigenvalue weighted by Gasteiger charge is -2.28. The molecule has 1 heterocycles. The molecule has 0 spiro atoms. The van der Waals surface area contributed by atoms with Crippen LogP contribution in [0.25, 0.3) is 0 Å². The Hall–Kier alpha value is -0.570. The summed E-state index contributed by atoms with van der Waals surface area (Å²) in [4.78, 5) is 11.5. The molecule has 1 saturated carbocycles. The van der Waals surface area contributed by atoms with Crippen LogP contribution in [-0.4, -0.2) is 24.2 Å². The molecule has 1 N–H and O–H groups in total. The van der Waals surface area contributed by atoms with E-state index in [0.29, 0.717) is 5.92 Å². The molecule has 2 atom stereocenters. The second-order valence-corrected chi connectivity index (χ2v) is 4.44. The van der Waals surface area contributed by atoms with Crippen LogP contribution in [0.15, 0.2) is 0 Å². The molecule has 0 aromatic rings. The van der Waals surface area contributed by atoms with Crippen LogP contribution in [0.4, 0.5) is 0 Å². The van der Waals surface area contributed by atoms with Crippen molar-refractivity contribution < 1.29 is 9.53 Å². The van der Waals surface area contributed by atoms with E-state index in [1.54, 1.807) is 0 Å². The van der Waals surface area contributed by atoms with Crippen LogP contribution in [0.2, 0.25) is 0 Å². The number of ether oxygens (including phenoxy) is 1. The Morgan fingerprint density at radius 2 is 2.23 bits per heavy atom. The lowest BCUT2D eigenvalue weighted by Crippen LogP contribution is -2.51. The molecule has 2 unspecified atom stereocenters. The summed E-state index contributed by atoms with van der Waals surface area (Å²) in [5, 5.41) is 3.10. The predicted molar refractivity (Wildman–Crippen MR) is 49.3 cm³/mol. The minimum absolute atomic E-state index is 0.125. The molecule has 1 saturated heterocycles. The average molecular weight is 183 g/mol. The molecule has 13 heavy (non-hydrogen) atoms. The van der Waals surface area contributed by atoms with E-state index >= 15 is 0 Å². The summed E-state index contributed by atoms with van der Waals surface area (Å²) in [7, 11) is 0. The van der Waals surface area contributed by atoms with Crippen molar-refractivity contribution in [3.63, 3.8) is 0 Å². The lowest BCUT2D eigenvalue weighted by atomic mass is 9.94. The standard InChI is InChI=1S/C10H17NO2/c1-7-10(2,5-6-13-7)11-9(12)8-3-4-8/h7-8H,3-6H2,1-2H3,(H,11,12). The summed E-state index contributed by atoms with van der Waals surface area (Å²) >= 11 is 0. The van der Waals surface area contributed by atoms with Crippen molar-refractivity contribution in [1.82, 2.24) is 5.32 Å². The summed E-state index contributed by atoms with van der Waals surface area (Å²) in [6, 6.07) is 0. The van der Waals surface area contributed by atoms with Crippen LogP contribution >= 0.6 is 0 Å². The topological polar surface area (TPSA) is 38.3 Å². The van der Waals surface area contributed by atoms with Gasteiger partial charge in [0.1, 0.15) is 0 Å². The fraction of sp³-hybridized carbons (Fsp3) is 0.900. The normalized spacial score (nSPS) is 39.1. The number of hydrogen-bond donors (Lipinski definition) is 1. The van der Waals surface area contributed by atoms with E-state index in [-0.39, 0.29) is 17.6 Å². The molecule has 2 aliphatic rings. The fourth-order valence-electron chi connectivity index (χ4n) is 1.73. The monoisotopic (exact) mass is 183 g/mol. The van der Waals surface area contributed by atoms with E-state index in [1.807, 2.05) is 6.92 Å². The number of carbonyl (C=O) groups excluding carboxylic acids is 1. The Morgan fingerprint density at radius 3 is 2.69 bits per heavy atom. The number of amides is 1. The van der Waals surface area contributed by atoms with Crippen molar-refractivity contribution in [3.05, 3.63) is 0 Å². The molecule has 1 amide bonds. The maximum atomic E-state index is 11.5. The molecular weight excluding hydrogens is 166 g/mol. The molecular formula is C10H17NO2. The molecule has 3 heteroatoms. The molecule has 0 aromatic heterocycles. The highest BCUT2D eigenvalue weighted by atomic mass is 16.5. The first-order valence-electron chi connectivity index (χ1n) is 5.05. The summed E-state index contributed by atoms with van der Waals surface area (Å²) < 4.78 is 5.45. The van der Waals surface area contributed by atoms with Gasteiger partial charge < -0.3 is 10.1 Å².